The Balaban J connectivity index is 1.58. The summed E-state index contributed by atoms with van der Waals surface area (Å²) in [6, 6.07) is 8.13. The van der Waals surface area contributed by atoms with Gasteiger partial charge in [0.1, 0.15) is 11.4 Å². The number of aliphatic hydroxyl groups is 2. The van der Waals surface area contributed by atoms with Crippen LogP contribution in [0.3, 0.4) is 0 Å². The van der Waals surface area contributed by atoms with Gasteiger partial charge in [-0.2, -0.15) is 0 Å². The molecule has 2 heterocycles. The van der Waals surface area contributed by atoms with E-state index in [-0.39, 0.29) is 23.2 Å². The number of benzene rings is 1. The van der Waals surface area contributed by atoms with E-state index in [1.54, 1.807) is 6.92 Å². The van der Waals surface area contributed by atoms with E-state index in [9.17, 15) is 10.2 Å². The highest BCUT2D eigenvalue weighted by molar-refractivity contribution is 5.31. The van der Waals surface area contributed by atoms with Crippen molar-refractivity contribution in [3.63, 3.8) is 0 Å². The molecule has 7 atom stereocenters. The van der Waals surface area contributed by atoms with E-state index in [2.05, 4.69) is 39.8 Å². The fraction of sp³-hybridized carbons (Fsp3) is 0.750. The molecule has 1 saturated carbocycles. The molecule has 5 heteroatoms. The molecule has 1 aromatic rings. The second-order valence-electron chi connectivity index (χ2n) is 10.5. The zero-order chi connectivity index (χ0) is 21.0. The van der Waals surface area contributed by atoms with Crippen LogP contribution in [0.1, 0.15) is 72.3 Å². The monoisotopic (exact) mass is 404 g/mol. The normalized spacial score (nSPS) is 42.7. The van der Waals surface area contributed by atoms with Crippen molar-refractivity contribution in [2.24, 2.45) is 17.8 Å². The molecular weight excluding hydrogens is 368 g/mol. The van der Waals surface area contributed by atoms with Gasteiger partial charge in [0.15, 0.2) is 12.1 Å². The average Bonchev–Trinajstić information content (AvgIpc) is 2.73. The van der Waals surface area contributed by atoms with Crippen molar-refractivity contribution in [2.45, 2.75) is 96.1 Å². The van der Waals surface area contributed by atoms with Gasteiger partial charge in [-0.3, -0.25) is 0 Å². The molecule has 3 aliphatic rings. The van der Waals surface area contributed by atoms with Gasteiger partial charge in [-0.25, -0.2) is 0 Å². The van der Waals surface area contributed by atoms with Crippen LogP contribution in [-0.2, 0) is 14.9 Å². The minimum Gasteiger partial charge on any atom is -0.465 e. The molecule has 3 fully saturated rings. The summed E-state index contributed by atoms with van der Waals surface area (Å²) >= 11 is 0. The second-order valence-corrected chi connectivity index (χ2v) is 10.5. The Kier molecular flexibility index (Phi) is 5.26. The van der Waals surface area contributed by atoms with Crippen LogP contribution in [0.25, 0.3) is 0 Å². The Morgan fingerprint density at radius 2 is 1.76 bits per heavy atom. The molecule has 4 rings (SSSR count). The molecule has 162 valence electrons. The van der Waals surface area contributed by atoms with Crippen LogP contribution in [-0.4, -0.2) is 34.2 Å². The first kappa shape index (κ1) is 21.1. The topological polar surface area (TPSA) is 68.2 Å². The number of hydrogen-bond donors (Lipinski definition) is 2. The van der Waals surface area contributed by atoms with Gasteiger partial charge in [-0.1, -0.05) is 46.2 Å². The first-order chi connectivity index (χ1) is 13.5. The molecule has 29 heavy (non-hydrogen) atoms. The van der Waals surface area contributed by atoms with Crippen molar-refractivity contribution in [3.05, 3.63) is 29.8 Å². The van der Waals surface area contributed by atoms with Gasteiger partial charge in [0.05, 0.1) is 0 Å². The van der Waals surface area contributed by atoms with Crippen LogP contribution in [0.5, 0.6) is 5.75 Å². The van der Waals surface area contributed by atoms with E-state index in [0.29, 0.717) is 6.42 Å². The molecule has 5 nitrogen and oxygen atoms in total. The largest absolute Gasteiger partial charge is 0.465 e. The van der Waals surface area contributed by atoms with Gasteiger partial charge >= 0.3 is 0 Å². The van der Waals surface area contributed by atoms with Crippen LogP contribution < -0.4 is 4.74 Å². The first-order valence-electron chi connectivity index (χ1n) is 11.1. The fourth-order valence-electron chi connectivity index (χ4n) is 5.48. The second kappa shape index (κ2) is 7.23. The summed E-state index contributed by atoms with van der Waals surface area (Å²) < 4.78 is 18.4. The molecule has 1 aliphatic carbocycles. The average molecular weight is 405 g/mol. The van der Waals surface area contributed by atoms with Crippen molar-refractivity contribution in [1.29, 1.82) is 0 Å². The van der Waals surface area contributed by atoms with Crippen molar-refractivity contribution in [3.8, 4) is 5.75 Å². The molecule has 1 aromatic carbocycles. The smallest absolute Gasteiger partial charge is 0.205 e. The maximum atomic E-state index is 11.7. The van der Waals surface area contributed by atoms with Crippen LogP contribution >= 0.6 is 0 Å². The van der Waals surface area contributed by atoms with Crippen molar-refractivity contribution < 1.29 is 24.4 Å². The van der Waals surface area contributed by atoms with Crippen LogP contribution in [0.2, 0.25) is 0 Å². The third-order valence-corrected chi connectivity index (χ3v) is 7.31. The van der Waals surface area contributed by atoms with E-state index in [0.717, 1.165) is 31.4 Å². The molecular formula is C24H36O5. The third kappa shape index (κ3) is 3.83. The Morgan fingerprint density at radius 1 is 1.07 bits per heavy atom. The standard InChI is InChI=1S/C24H36O5/c1-15-19-8-6-7-17-13-14-23(5,25)29-21(24(17,19)26)28-20(15)27-18-11-9-16(10-12-18)22(2,3)4/h9-12,15,17,19-21,25-26H,6-8,13-14H2,1-5H3/t15-,17?,19?,20?,21-,23?,24-/m1/s1. The van der Waals surface area contributed by atoms with E-state index >= 15 is 0 Å². The van der Waals surface area contributed by atoms with E-state index in [1.807, 2.05) is 12.1 Å². The fourth-order valence-corrected chi connectivity index (χ4v) is 5.48. The van der Waals surface area contributed by atoms with Crippen LogP contribution in [0.4, 0.5) is 0 Å². The van der Waals surface area contributed by atoms with Gasteiger partial charge in [-0.05, 0) is 55.2 Å². The highest BCUT2D eigenvalue weighted by atomic mass is 16.8. The number of rotatable bonds is 2. The molecule has 0 aromatic heterocycles. The van der Waals surface area contributed by atoms with E-state index < -0.39 is 24.0 Å². The molecule has 0 spiro atoms. The van der Waals surface area contributed by atoms with Crippen LogP contribution in [0.15, 0.2) is 24.3 Å². The summed E-state index contributed by atoms with van der Waals surface area (Å²) in [7, 11) is 0. The predicted octanol–water partition coefficient (Wildman–Crippen LogP) is 4.35. The summed E-state index contributed by atoms with van der Waals surface area (Å²) in [5.41, 5.74) is 0.254. The molecule has 2 saturated heterocycles. The summed E-state index contributed by atoms with van der Waals surface area (Å²) in [6.07, 6.45) is 2.77. The van der Waals surface area contributed by atoms with Crippen LogP contribution in [0, 0.1) is 17.8 Å². The van der Waals surface area contributed by atoms with Gasteiger partial charge in [-0.15, -0.1) is 0 Å². The highest BCUT2D eigenvalue weighted by Gasteiger charge is 2.62. The summed E-state index contributed by atoms with van der Waals surface area (Å²) in [5, 5.41) is 22.4. The minimum atomic E-state index is -1.30. The lowest BCUT2D eigenvalue weighted by molar-refractivity contribution is -0.396. The van der Waals surface area contributed by atoms with Crippen molar-refractivity contribution in [1.82, 2.24) is 0 Å². The Bertz CT molecular complexity index is 722. The molecule has 0 amide bonds. The molecule has 0 radical (unpaired) electrons. The van der Waals surface area contributed by atoms with Crippen molar-refractivity contribution >= 4 is 0 Å². The van der Waals surface area contributed by atoms with Crippen molar-refractivity contribution in [2.75, 3.05) is 0 Å². The van der Waals surface area contributed by atoms with Gasteiger partial charge < -0.3 is 24.4 Å². The van der Waals surface area contributed by atoms with Gasteiger partial charge in [0.2, 0.25) is 6.29 Å². The highest BCUT2D eigenvalue weighted by Crippen LogP contribution is 2.54. The summed E-state index contributed by atoms with van der Waals surface area (Å²) in [4.78, 5) is 0. The summed E-state index contributed by atoms with van der Waals surface area (Å²) in [6.45, 7) is 10.3. The predicted molar refractivity (Wildman–Crippen MR) is 110 cm³/mol. The minimum absolute atomic E-state index is 0.0211. The van der Waals surface area contributed by atoms with Gasteiger partial charge in [0.25, 0.3) is 0 Å². The number of ether oxygens (including phenoxy) is 3. The first-order valence-corrected chi connectivity index (χ1v) is 11.1. The third-order valence-electron chi connectivity index (χ3n) is 7.31. The zero-order valence-electron chi connectivity index (χ0n) is 18.4. The lowest BCUT2D eigenvalue weighted by Crippen LogP contribution is -2.66. The number of hydrogen-bond acceptors (Lipinski definition) is 5. The molecule has 4 unspecified atom stereocenters. The summed E-state index contributed by atoms with van der Waals surface area (Å²) in [5.74, 6) is -0.439. The maximum absolute atomic E-state index is 11.7. The maximum Gasteiger partial charge on any atom is 0.205 e. The lowest BCUT2D eigenvalue weighted by atomic mass is 9.61. The molecule has 0 bridgehead atoms. The Labute approximate surface area is 174 Å². The quantitative estimate of drug-likeness (QED) is 0.767. The van der Waals surface area contributed by atoms with E-state index in [4.69, 9.17) is 14.2 Å². The Morgan fingerprint density at radius 3 is 2.41 bits per heavy atom. The lowest BCUT2D eigenvalue weighted by Gasteiger charge is -2.55. The van der Waals surface area contributed by atoms with E-state index in [1.165, 1.54) is 5.56 Å². The van der Waals surface area contributed by atoms with Gasteiger partial charge in [0, 0.05) is 18.3 Å². The zero-order valence-corrected chi connectivity index (χ0v) is 18.4. The molecule has 2 aliphatic heterocycles. The SMILES string of the molecule is C[C@H]1C(Oc2ccc(C(C)(C)C)cc2)O[C@@H]2OC(C)(O)CCC3CCCC1[C@]32O. The molecule has 2 N–H and O–H groups in total. The Hall–Kier alpha value is -1.14.